The molecule has 0 radical (unpaired) electrons. The SMILES string of the molecule is CCc1cc(C(=O)O)cc(Nc2ccc(C)cc2Br)n1. The van der Waals surface area contributed by atoms with Gasteiger partial charge in [0, 0.05) is 10.2 Å². The molecule has 0 fully saturated rings. The van der Waals surface area contributed by atoms with E-state index < -0.39 is 5.97 Å². The Balaban J connectivity index is 2.37. The van der Waals surface area contributed by atoms with E-state index in [-0.39, 0.29) is 5.56 Å². The number of aromatic carboxylic acids is 1. The van der Waals surface area contributed by atoms with Crippen molar-refractivity contribution in [2.75, 3.05) is 5.32 Å². The minimum atomic E-state index is -0.951. The molecule has 5 heteroatoms. The van der Waals surface area contributed by atoms with Crippen molar-refractivity contribution in [3.05, 3.63) is 51.6 Å². The molecule has 0 spiro atoms. The van der Waals surface area contributed by atoms with Gasteiger partial charge < -0.3 is 10.4 Å². The predicted molar refractivity (Wildman–Crippen MR) is 82.7 cm³/mol. The normalized spacial score (nSPS) is 10.3. The number of aromatic nitrogens is 1. The molecule has 2 N–H and O–H groups in total. The number of halogens is 1. The smallest absolute Gasteiger partial charge is 0.335 e. The van der Waals surface area contributed by atoms with Gasteiger partial charge in [0.15, 0.2) is 0 Å². The number of nitrogens with zero attached hydrogens (tertiary/aromatic N) is 1. The first-order valence-corrected chi connectivity index (χ1v) is 7.06. The lowest BCUT2D eigenvalue weighted by Gasteiger charge is -2.10. The molecule has 0 aliphatic rings. The molecule has 1 heterocycles. The van der Waals surface area contributed by atoms with E-state index in [1.54, 1.807) is 6.07 Å². The second kappa shape index (κ2) is 6.05. The summed E-state index contributed by atoms with van der Waals surface area (Å²) in [5.74, 6) is -0.417. The summed E-state index contributed by atoms with van der Waals surface area (Å²) in [6.45, 7) is 3.95. The van der Waals surface area contributed by atoms with Crippen molar-refractivity contribution in [2.24, 2.45) is 0 Å². The Kier molecular flexibility index (Phi) is 4.39. The molecule has 0 amide bonds. The zero-order valence-electron chi connectivity index (χ0n) is 11.3. The number of hydrogen-bond acceptors (Lipinski definition) is 3. The van der Waals surface area contributed by atoms with Crippen LogP contribution in [0.15, 0.2) is 34.8 Å². The first-order valence-electron chi connectivity index (χ1n) is 6.27. The number of carboxylic acid groups (broad SMARTS) is 1. The Morgan fingerprint density at radius 3 is 2.70 bits per heavy atom. The number of carboxylic acids is 1. The molecule has 1 aromatic carbocycles. The van der Waals surface area contributed by atoms with Gasteiger partial charge in [-0.05, 0) is 59.1 Å². The van der Waals surface area contributed by atoms with Crippen LogP contribution in [0, 0.1) is 6.92 Å². The fourth-order valence-electron chi connectivity index (χ4n) is 1.82. The van der Waals surface area contributed by atoms with Crippen LogP contribution >= 0.6 is 15.9 Å². The lowest BCUT2D eigenvalue weighted by Crippen LogP contribution is -2.03. The van der Waals surface area contributed by atoms with E-state index in [1.165, 1.54) is 6.07 Å². The standard InChI is InChI=1S/C15H15BrN2O2/c1-3-11-7-10(15(19)20)8-14(17-11)18-13-5-4-9(2)6-12(13)16/h4-8H,3H2,1-2H3,(H,17,18)(H,19,20). The molecule has 0 saturated carbocycles. The molecule has 0 aliphatic heterocycles. The van der Waals surface area contributed by atoms with Gasteiger partial charge in [-0.15, -0.1) is 0 Å². The fourth-order valence-corrected chi connectivity index (χ4v) is 2.41. The Hall–Kier alpha value is -1.88. The highest BCUT2D eigenvalue weighted by Gasteiger charge is 2.09. The van der Waals surface area contributed by atoms with Crippen LogP contribution < -0.4 is 5.32 Å². The van der Waals surface area contributed by atoms with Crippen LogP contribution in [0.4, 0.5) is 11.5 Å². The van der Waals surface area contributed by atoms with Crippen LogP contribution in [0.1, 0.15) is 28.5 Å². The fraction of sp³-hybridized carbons (Fsp3) is 0.200. The van der Waals surface area contributed by atoms with Crippen molar-refractivity contribution in [3.63, 3.8) is 0 Å². The first-order chi connectivity index (χ1) is 9.49. The van der Waals surface area contributed by atoms with Crippen LogP contribution in [0.3, 0.4) is 0 Å². The number of hydrogen-bond donors (Lipinski definition) is 2. The molecular weight excluding hydrogens is 320 g/mol. The van der Waals surface area contributed by atoms with E-state index in [1.807, 2.05) is 32.0 Å². The minimum Gasteiger partial charge on any atom is -0.478 e. The molecular formula is C15H15BrN2O2. The highest BCUT2D eigenvalue weighted by Crippen LogP contribution is 2.26. The summed E-state index contributed by atoms with van der Waals surface area (Å²) in [6.07, 6.45) is 0.685. The van der Waals surface area contributed by atoms with Crippen molar-refractivity contribution >= 4 is 33.4 Å². The van der Waals surface area contributed by atoms with Gasteiger partial charge >= 0.3 is 5.97 Å². The van der Waals surface area contributed by atoms with Crippen LogP contribution in [-0.2, 0) is 6.42 Å². The summed E-state index contributed by atoms with van der Waals surface area (Å²) < 4.78 is 0.915. The van der Waals surface area contributed by atoms with E-state index in [9.17, 15) is 4.79 Å². The van der Waals surface area contributed by atoms with Crippen molar-refractivity contribution in [1.82, 2.24) is 4.98 Å². The largest absolute Gasteiger partial charge is 0.478 e. The second-order valence-electron chi connectivity index (χ2n) is 4.50. The summed E-state index contributed by atoms with van der Waals surface area (Å²) in [5.41, 5.74) is 2.98. The number of pyridine rings is 1. The second-order valence-corrected chi connectivity index (χ2v) is 5.35. The first kappa shape index (κ1) is 14.5. The highest BCUT2D eigenvalue weighted by atomic mass is 79.9. The average Bonchev–Trinajstić information content (AvgIpc) is 2.41. The molecule has 0 unspecified atom stereocenters. The van der Waals surface area contributed by atoms with Gasteiger partial charge in [-0.25, -0.2) is 9.78 Å². The van der Waals surface area contributed by atoms with E-state index >= 15 is 0 Å². The van der Waals surface area contributed by atoms with Gasteiger partial charge in [-0.3, -0.25) is 0 Å². The lowest BCUT2D eigenvalue weighted by atomic mass is 10.2. The Bertz CT molecular complexity index is 656. The van der Waals surface area contributed by atoms with E-state index in [0.717, 1.165) is 21.4 Å². The maximum Gasteiger partial charge on any atom is 0.335 e. The van der Waals surface area contributed by atoms with E-state index in [4.69, 9.17) is 5.11 Å². The van der Waals surface area contributed by atoms with Gasteiger partial charge in [0.2, 0.25) is 0 Å². The van der Waals surface area contributed by atoms with Gasteiger partial charge in [-0.2, -0.15) is 0 Å². The molecule has 0 atom stereocenters. The van der Waals surface area contributed by atoms with E-state index in [2.05, 4.69) is 26.2 Å². The van der Waals surface area contributed by atoms with E-state index in [0.29, 0.717) is 12.2 Å². The van der Waals surface area contributed by atoms with Gasteiger partial charge in [-0.1, -0.05) is 13.0 Å². The third-order valence-electron chi connectivity index (χ3n) is 2.87. The number of carbonyl (C=O) groups is 1. The molecule has 0 aliphatic carbocycles. The number of nitrogens with one attached hydrogen (secondary N) is 1. The topological polar surface area (TPSA) is 62.2 Å². The zero-order chi connectivity index (χ0) is 14.7. The molecule has 104 valence electrons. The summed E-state index contributed by atoms with van der Waals surface area (Å²) in [6, 6.07) is 9.03. The molecule has 0 saturated heterocycles. The molecule has 2 aromatic rings. The number of anilines is 2. The number of rotatable bonds is 4. The van der Waals surface area contributed by atoms with Crippen molar-refractivity contribution in [3.8, 4) is 0 Å². The molecule has 0 bridgehead atoms. The molecule has 1 aromatic heterocycles. The summed E-state index contributed by atoms with van der Waals surface area (Å²) in [4.78, 5) is 15.5. The number of aryl methyl sites for hydroxylation is 2. The maximum atomic E-state index is 11.1. The van der Waals surface area contributed by atoms with Crippen LogP contribution in [0.25, 0.3) is 0 Å². The summed E-state index contributed by atoms with van der Waals surface area (Å²) in [5, 5.41) is 12.3. The quantitative estimate of drug-likeness (QED) is 0.881. The zero-order valence-corrected chi connectivity index (χ0v) is 12.9. The van der Waals surface area contributed by atoms with Crippen LogP contribution in [0.2, 0.25) is 0 Å². The lowest BCUT2D eigenvalue weighted by molar-refractivity contribution is 0.0696. The summed E-state index contributed by atoms with van der Waals surface area (Å²) in [7, 11) is 0. The van der Waals surface area contributed by atoms with Gasteiger partial charge in [0.1, 0.15) is 5.82 Å². The summed E-state index contributed by atoms with van der Waals surface area (Å²) >= 11 is 3.48. The maximum absolute atomic E-state index is 11.1. The monoisotopic (exact) mass is 334 g/mol. The Morgan fingerprint density at radius 1 is 1.35 bits per heavy atom. The number of benzene rings is 1. The Labute approximate surface area is 126 Å². The Morgan fingerprint density at radius 2 is 2.10 bits per heavy atom. The molecule has 20 heavy (non-hydrogen) atoms. The van der Waals surface area contributed by atoms with Gasteiger partial charge in [0.25, 0.3) is 0 Å². The van der Waals surface area contributed by atoms with Crippen LogP contribution in [0.5, 0.6) is 0 Å². The average molecular weight is 335 g/mol. The van der Waals surface area contributed by atoms with Crippen molar-refractivity contribution in [2.45, 2.75) is 20.3 Å². The van der Waals surface area contributed by atoms with Gasteiger partial charge in [0.05, 0.1) is 11.3 Å². The predicted octanol–water partition coefficient (Wildman–Crippen LogP) is 4.16. The van der Waals surface area contributed by atoms with Crippen molar-refractivity contribution in [1.29, 1.82) is 0 Å². The highest BCUT2D eigenvalue weighted by molar-refractivity contribution is 9.10. The molecule has 4 nitrogen and oxygen atoms in total. The third kappa shape index (κ3) is 3.36. The minimum absolute atomic E-state index is 0.239. The van der Waals surface area contributed by atoms with Crippen LogP contribution in [-0.4, -0.2) is 16.1 Å². The van der Waals surface area contributed by atoms with Crippen molar-refractivity contribution < 1.29 is 9.90 Å². The molecule has 2 rings (SSSR count). The third-order valence-corrected chi connectivity index (χ3v) is 3.53.